The van der Waals surface area contributed by atoms with E-state index in [9.17, 15) is 4.79 Å². The van der Waals surface area contributed by atoms with Gasteiger partial charge in [0.2, 0.25) is 5.91 Å². The molecule has 1 rings (SSSR count). The van der Waals surface area contributed by atoms with E-state index in [4.69, 9.17) is 9.47 Å². The van der Waals surface area contributed by atoms with Crippen molar-refractivity contribution in [3.63, 3.8) is 0 Å². The van der Waals surface area contributed by atoms with E-state index in [1.165, 1.54) is 6.08 Å². The molecule has 0 spiro atoms. The summed E-state index contributed by atoms with van der Waals surface area (Å²) in [7, 11) is 1.61. The first-order valence-electron chi connectivity index (χ1n) is 6.36. The van der Waals surface area contributed by atoms with Crippen LogP contribution in [0.25, 0.3) is 6.08 Å². The van der Waals surface area contributed by atoms with E-state index in [1.807, 2.05) is 38.1 Å². The Bertz CT molecular complexity index is 412. The minimum Gasteiger partial charge on any atom is -0.494 e. The molecule has 19 heavy (non-hydrogen) atoms. The van der Waals surface area contributed by atoms with Crippen molar-refractivity contribution in [3.05, 3.63) is 35.9 Å². The van der Waals surface area contributed by atoms with Crippen molar-refractivity contribution in [3.8, 4) is 5.75 Å². The maximum absolute atomic E-state index is 11.6. The first kappa shape index (κ1) is 15.2. The summed E-state index contributed by atoms with van der Waals surface area (Å²) in [6.07, 6.45) is 3.28. The molecule has 1 unspecified atom stereocenters. The van der Waals surface area contributed by atoms with Crippen molar-refractivity contribution < 1.29 is 14.3 Å². The molecule has 1 aromatic carbocycles. The van der Waals surface area contributed by atoms with E-state index in [0.717, 1.165) is 11.3 Å². The molecule has 0 bridgehead atoms. The summed E-state index contributed by atoms with van der Waals surface area (Å²) >= 11 is 0. The Hall–Kier alpha value is -1.81. The molecule has 0 aromatic heterocycles. The second kappa shape index (κ2) is 8.32. The number of methoxy groups -OCH3 is 1. The van der Waals surface area contributed by atoms with Gasteiger partial charge in [-0.25, -0.2) is 0 Å². The topological polar surface area (TPSA) is 47.6 Å². The van der Waals surface area contributed by atoms with E-state index in [-0.39, 0.29) is 11.9 Å². The summed E-state index contributed by atoms with van der Waals surface area (Å²) in [6, 6.07) is 7.59. The molecule has 104 valence electrons. The van der Waals surface area contributed by atoms with Crippen LogP contribution in [0.2, 0.25) is 0 Å². The molecular formula is C15H21NO3. The molecule has 1 amide bonds. The summed E-state index contributed by atoms with van der Waals surface area (Å²) in [5.74, 6) is 0.705. The van der Waals surface area contributed by atoms with Gasteiger partial charge in [0.25, 0.3) is 0 Å². The number of carbonyl (C=O) groups excluding carboxylic acids is 1. The molecule has 0 radical (unpaired) electrons. The van der Waals surface area contributed by atoms with Crippen LogP contribution in [0, 0.1) is 0 Å². The summed E-state index contributed by atoms with van der Waals surface area (Å²) in [5, 5.41) is 2.81. The molecular weight excluding hydrogens is 242 g/mol. The van der Waals surface area contributed by atoms with Crippen LogP contribution in [0.1, 0.15) is 19.4 Å². The van der Waals surface area contributed by atoms with Crippen LogP contribution in [-0.2, 0) is 9.53 Å². The first-order chi connectivity index (χ1) is 9.15. The average molecular weight is 263 g/mol. The molecule has 0 aliphatic heterocycles. The van der Waals surface area contributed by atoms with Crippen molar-refractivity contribution in [1.82, 2.24) is 5.32 Å². The maximum atomic E-state index is 11.6. The Kier molecular flexibility index (Phi) is 6.68. The highest BCUT2D eigenvalue weighted by Crippen LogP contribution is 2.12. The van der Waals surface area contributed by atoms with Crippen molar-refractivity contribution in [1.29, 1.82) is 0 Å². The maximum Gasteiger partial charge on any atom is 0.244 e. The third-order valence-corrected chi connectivity index (χ3v) is 2.42. The molecule has 4 heteroatoms. The van der Waals surface area contributed by atoms with Crippen LogP contribution in [0.3, 0.4) is 0 Å². The number of ether oxygens (including phenoxy) is 2. The van der Waals surface area contributed by atoms with Crippen molar-refractivity contribution in [2.45, 2.75) is 19.9 Å². The highest BCUT2D eigenvalue weighted by molar-refractivity contribution is 5.91. The summed E-state index contributed by atoms with van der Waals surface area (Å²) in [5.41, 5.74) is 0.956. The zero-order valence-electron chi connectivity index (χ0n) is 11.7. The van der Waals surface area contributed by atoms with E-state index >= 15 is 0 Å². The lowest BCUT2D eigenvalue weighted by Gasteiger charge is -2.10. The first-order valence-corrected chi connectivity index (χ1v) is 6.36. The fourth-order valence-corrected chi connectivity index (χ4v) is 1.60. The molecule has 0 saturated heterocycles. The number of hydrogen-bond donors (Lipinski definition) is 1. The standard InChI is InChI=1S/C15H21NO3/c1-4-19-14-8-5-13(6-9-14)7-10-15(17)16-12(2)11-18-3/h5-10,12H,4,11H2,1-3H3,(H,16,17)/b10-7+. The zero-order chi connectivity index (χ0) is 14.1. The van der Waals surface area contributed by atoms with E-state index in [1.54, 1.807) is 13.2 Å². The Balaban J connectivity index is 2.49. The molecule has 0 aliphatic rings. The van der Waals surface area contributed by atoms with Gasteiger partial charge in [-0.15, -0.1) is 0 Å². The van der Waals surface area contributed by atoms with Crippen LogP contribution >= 0.6 is 0 Å². The molecule has 1 N–H and O–H groups in total. The third kappa shape index (κ3) is 6.06. The number of nitrogens with one attached hydrogen (secondary N) is 1. The van der Waals surface area contributed by atoms with Gasteiger partial charge in [-0.2, -0.15) is 0 Å². The van der Waals surface area contributed by atoms with Gasteiger partial charge in [0.15, 0.2) is 0 Å². The van der Waals surface area contributed by atoms with Gasteiger partial charge in [0, 0.05) is 19.2 Å². The lowest BCUT2D eigenvalue weighted by molar-refractivity contribution is -0.117. The fourth-order valence-electron chi connectivity index (χ4n) is 1.60. The second-order valence-electron chi connectivity index (χ2n) is 4.20. The largest absolute Gasteiger partial charge is 0.494 e. The predicted molar refractivity (Wildman–Crippen MR) is 76.1 cm³/mol. The van der Waals surface area contributed by atoms with Crippen LogP contribution in [0.15, 0.2) is 30.3 Å². The molecule has 0 saturated carbocycles. The summed E-state index contributed by atoms with van der Waals surface area (Å²) in [4.78, 5) is 11.6. The number of hydrogen-bond acceptors (Lipinski definition) is 3. The van der Waals surface area contributed by atoms with Crippen molar-refractivity contribution in [2.24, 2.45) is 0 Å². The Morgan fingerprint density at radius 2 is 2.05 bits per heavy atom. The summed E-state index contributed by atoms with van der Waals surface area (Å²) < 4.78 is 10.3. The van der Waals surface area contributed by atoms with Gasteiger partial charge in [0.1, 0.15) is 5.75 Å². The Labute approximate surface area is 114 Å². The predicted octanol–water partition coefficient (Wildman–Crippen LogP) is 2.25. The minimum absolute atomic E-state index is 0.00230. The van der Waals surface area contributed by atoms with Gasteiger partial charge in [-0.3, -0.25) is 4.79 Å². The van der Waals surface area contributed by atoms with Gasteiger partial charge in [-0.1, -0.05) is 12.1 Å². The Morgan fingerprint density at radius 1 is 1.37 bits per heavy atom. The Morgan fingerprint density at radius 3 is 2.63 bits per heavy atom. The monoisotopic (exact) mass is 263 g/mol. The molecule has 0 fully saturated rings. The second-order valence-corrected chi connectivity index (χ2v) is 4.20. The minimum atomic E-state index is -0.126. The fraction of sp³-hybridized carbons (Fsp3) is 0.400. The lowest BCUT2D eigenvalue weighted by Crippen LogP contribution is -2.34. The van der Waals surface area contributed by atoms with Crippen molar-refractivity contribution >= 4 is 12.0 Å². The number of amides is 1. The molecule has 1 aromatic rings. The average Bonchev–Trinajstić information content (AvgIpc) is 2.38. The number of rotatable bonds is 7. The smallest absolute Gasteiger partial charge is 0.244 e. The third-order valence-electron chi connectivity index (χ3n) is 2.42. The molecule has 4 nitrogen and oxygen atoms in total. The highest BCUT2D eigenvalue weighted by Gasteiger charge is 2.03. The van der Waals surface area contributed by atoms with Gasteiger partial charge in [0.05, 0.1) is 13.2 Å². The summed E-state index contributed by atoms with van der Waals surface area (Å²) in [6.45, 7) is 4.99. The van der Waals surface area contributed by atoms with Crippen LogP contribution < -0.4 is 10.1 Å². The highest BCUT2D eigenvalue weighted by atomic mass is 16.5. The lowest BCUT2D eigenvalue weighted by atomic mass is 10.2. The van der Waals surface area contributed by atoms with Gasteiger partial charge in [-0.05, 0) is 37.6 Å². The van der Waals surface area contributed by atoms with E-state index in [0.29, 0.717) is 13.2 Å². The zero-order valence-corrected chi connectivity index (χ0v) is 11.7. The normalized spacial score (nSPS) is 12.4. The van der Waals surface area contributed by atoms with Crippen LogP contribution in [0.5, 0.6) is 5.75 Å². The van der Waals surface area contributed by atoms with Gasteiger partial charge < -0.3 is 14.8 Å². The van der Waals surface area contributed by atoms with Gasteiger partial charge >= 0.3 is 0 Å². The molecule has 0 aliphatic carbocycles. The van der Waals surface area contributed by atoms with E-state index in [2.05, 4.69) is 5.32 Å². The number of benzene rings is 1. The molecule has 1 atom stereocenters. The SMILES string of the molecule is CCOc1ccc(/C=C/C(=O)NC(C)COC)cc1. The molecule has 0 heterocycles. The van der Waals surface area contributed by atoms with Crippen molar-refractivity contribution in [2.75, 3.05) is 20.3 Å². The number of carbonyl (C=O) groups is 1. The van der Waals surface area contributed by atoms with Crippen LogP contribution in [0.4, 0.5) is 0 Å². The quantitative estimate of drug-likeness (QED) is 0.768. The van der Waals surface area contributed by atoms with E-state index < -0.39 is 0 Å². The van der Waals surface area contributed by atoms with Crippen LogP contribution in [-0.4, -0.2) is 32.3 Å².